The number of amides is 1. The summed E-state index contributed by atoms with van der Waals surface area (Å²) in [5.74, 6) is 1.38. The van der Waals surface area contributed by atoms with Crippen LogP contribution in [-0.4, -0.2) is 18.0 Å². The monoisotopic (exact) mass is 384 g/mol. The predicted octanol–water partition coefficient (Wildman–Crippen LogP) is 4.95. The molecule has 0 saturated heterocycles. The second-order valence-electron chi connectivity index (χ2n) is 6.52. The van der Waals surface area contributed by atoms with E-state index >= 15 is 0 Å². The van der Waals surface area contributed by atoms with E-state index in [-0.39, 0.29) is 5.91 Å². The van der Waals surface area contributed by atoms with Crippen LogP contribution in [0.1, 0.15) is 15.9 Å². The van der Waals surface area contributed by atoms with Gasteiger partial charge in [0.1, 0.15) is 11.4 Å². The summed E-state index contributed by atoms with van der Waals surface area (Å²) in [4.78, 5) is 16.8. The minimum Gasteiger partial charge on any atom is -0.497 e. The third-order valence-corrected chi connectivity index (χ3v) is 4.60. The first-order chi connectivity index (χ1) is 14.2. The molecule has 0 spiro atoms. The summed E-state index contributed by atoms with van der Waals surface area (Å²) >= 11 is 0. The van der Waals surface area contributed by atoms with Crippen LogP contribution >= 0.6 is 0 Å². The van der Waals surface area contributed by atoms with Crippen LogP contribution in [0.2, 0.25) is 0 Å². The van der Waals surface area contributed by atoms with Crippen molar-refractivity contribution in [2.45, 2.75) is 6.54 Å². The number of hydrogen-bond acceptors (Lipinski definition) is 4. The van der Waals surface area contributed by atoms with Crippen molar-refractivity contribution < 1.29 is 13.9 Å². The Bertz CT molecular complexity index is 1100. The number of carbonyl (C=O) groups excluding carboxylic acids is 1. The number of aromatic nitrogens is 1. The lowest BCUT2D eigenvalue weighted by molar-refractivity contribution is 0.0951. The molecule has 2 aromatic carbocycles. The van der Waals surface area contributed by atoms with Gasteiger partial charge in [0.15, 0.2) is 5.76 Å². The first-order valence-corrected chi connectivity index (χ1v) is 9.24. The zero-order valence-electron chi connectivity index (χ0n) is 16.0. The molecule has 0 saturated carbocycles. The maximum atomic E-state index is 12.5. The lowest BCUT2D eigenvalue weighted by Crippen LogP contribution is -2.22. The molecule has 1 amide bonds. The van der Waals surface area contributed by atoms with Gasteiger partial charge in [0, 0.05) is 18.3 Å². The molecule has 4 rings (SSSR count). The topological polar surface area (TPSA) is 64.4 Å². The Kier molecular flexibility index (Phi) is 5.38. The van der Waals surface area contributed by atoms with Crippen LogP contribution in [0.3, 0.4) is 0 Å². The number of hydrogen-bond donors (Lipinski definition) is 1. The zero-order chi connectivity index (χ0) is 20.1. The molecule has 1 N–H and O–H groups in total. The molecule has 144 valence electrons. The van der Waals surface area contributed by atoms with Crippen molar-refractivity contribution in [2.24, 2.45) is 0 Å². The molecule has 0 aliphatic rings. The van der Waals surface area contributed by atoms with Crippen molar-refractivity contribution in [1.29, 1.82) is 0 Å². The summed E-state index contributed by atoms with van der Waals surface area (Å²) in [7, 11) is 1.65. The Balaban J connectivity index is 1.42. The Morgan fingerprint density at radius 1 is 1.00 bits per heavy atom. The standard InChI is InChI=1S/C24H20N2O3/c1-28-21-5-2-4-20(15-21)18-7-9-19(10-8-18)24(27)26-16-17-11-12-25-22(14-17)23-6-3-13-29-23/h2-15H,16H2,1H3,(H,26,27). The minimum atomic E-state index is -0.126. The van der Waals surface area contributed by atoms with Crippen LogP contribution in [0.4, 0.5) is 0 Å². The lowest BCUT2D eigenvalue weighted by atomic mass is 10.0. The molecule has 2 aromatic heterocycles. The molecule has 0 unspecified atom stereocenters. The number of pyridine rings is 1. The molecule has 0 aliphatic heterocycles. The molecular weight excluding hydrogens is 364 g/mol. The number of furan rings is 1. The maximum absolute atomic E-state index is 12.5. The van der Waals surface area contributed by atoms with Crippen molar-refractivity contribution in [3.63, 3.8) is 0 Å². The van der Waals surface area contributed by atoms with Gasteiger partial charge in [-0.2, -0.15) is 0 Å². The number of nitrogens with one attached hydrogen (secondary N) is 1. The Hall–Kier alpha value is -3.86. The molecule has 5 nitrogen and oxygen atoms in total. The number of rotatable bonds is 6. The van der Waals surface area contributed by atoms with Gasteiger partial charge in [-0.1, -0.05) is 24.3 Å². The van der Waals surface area contributed by atoms with E-state index in [0.717, 1.165) is 28.1 Å². The third kappa shape index (κ3) is 4.35. The molecule has 0 aliphatic carbocycles. The van der Waals surface area contributed by atoms with Gasteiger partial charge >= 0.3 is 0 Å². The highest BCUT2D eigenvalue weighted by molar-refractivity contribution is 5.94. The SMILES string of the molecule is COc1cccc(-c2ccc(C(=O)NCc3ccnc(-c4ccco4)c3)cc2)c1. The second-order valence-corrected chi connectivity index (χ2v) is 6.52. The van der Waals surface area contributed by atoms with Crippen LogP contribution in [0.5, 0.6) is 5.75 Å². The highest BCUT2D eigenvalue weighted by Crippen LogP contribution is 2.24. The van der Waals surface area contributed by atoms with Gasteiger partial charge in [0.2, 0.25) is 0 Å². The number of benzene rings is 2. The summed E-state index contributed by atoms with van der Waals surface area (Å²) in [5, 5.41) is 2.95. The highest BCUT2D eigenvalue weighted by atomic mass is 16.5. The van der Waals surface area contributed by atoms with Crippen LogP contribution in [0.25, 0.3) is 22.6 Å². The maximum Gasteiger partial charge on any atom is 0.251 e. The zero-order valence-corrected chi connectivity index (χ0v) is 16.0. The van der Waals surface area contributed by atoms with Crippen molar-refractivity contribution in [1.82, 2.24) is 10.3 Å². The van der Waals surface area contributed by atoms with Crippen molar-refractivity contribution in [2.75, 3.05) is 7.11 Å². The van der Waals surface area contributed by atoms with Crippen LogP contribution in [0, 0.1) is 0 Å². The first-order valence-electron chi connectivity index (χ1n) is 9.24. The molecule has 0 bridgehead atoms. The molecule has 0 fully saturated rings. The van der Waals surface area contributed by atoms with Crippen LogP contribution in [0.15, 0.2) is 89.7 Å². The Morgan fingerprint density at radius 2 is 1.86 bits per heavy atom. The van der Waals surface area contributed by atoms with E-state index in [1.54, 1.807) is 19.6 Å². The fourth-order valence-corrected chi connectivity index (χ4v) is 3.04. The smallest absolute Gasteiger partial charge is 0.251 e. The number of carbonyl (C=O) groups is 1. The fraction of sp³-hybridized carbons (Fsp3) is 0.0833. The lowest BCUT2D eigenvalue weighted by Gasteiger charge is -2.08. The summed E-state index contributed by atoms with van der Waals surface area (Å²) in [6.07, 6.45) is 3.32. The molecule has 0 radical (unpaired) electrons. The largest absolute Gasteiger partial charge is 0.497 e. The van der Waals surface area contributed by atoms with Gasteiger partial charge in [-0.05, 0) is 65.2 Å². The van der Waals surface area contributed by atoms with E-state index in [1.165, 1.54) is 0 Å². The van der Waals surface area contributed by atoms with Gasteiger partial charge in [0.05, 0.1) is 13.4 Å². The third-order valence-electron chi connectivity index (χ3n) is 4.60. The van der Waals surface area contributed by atoms with E-state index in [2.05, 4.69) is 10.3 Å². The minimum absolute atomic E-state index is 0.126. The van der Waals surface area contributed by atoms with Gasteiger partial charge in [-0.15, -0.1) is 0 Å². The molecule has 4 aromatic rings. The van der Waals surface area contributed by atoms with Crippen LogP contribution < -0.4 is 10.1 Å². The van der Waals surface area contributed by atoms with Gasteiger partial charge in [-0.3, -0.25) is 9.78 Å². The van der Waals surface area contributed by atoms with E-state index in [4.69, 9.17) is 9.15 Å². The molecule has 2 heterocycles. The first kappa shape index (κ1) is 18.5. The molecule has 0 atom stereocenters. The Labute approximate surface area is 169 Å². The van der Waals surface area contributed by atoms with Gasteiger partial charge in [0.25, 0.3) is 5.91 Å². The van der Waals surface area contributed by atoms with E-state index in [9.17, 15) is 4.79 Å². The number of methoxy groups -OCH3 is 1. The quantitative estimate of drug-likeness (QED) is 0.511. The van der Waals surface area contributed by atoms with Gasteiger partial charge < -0.3 is 14.5 Å². The second kappa shape index (κ2) is 8.44. The van der Waals surface area contributed by atoms with E-state index < -0.39 is 0 Å². The van der Waals surface area contributed by atoms with Crippen LogP contribution in [-0.2, 0) is 6.54 Å². The van der Waals surface area contributed by atoms with Gasteiger partial charge in [-0.25, -0.2) is 0 Å². The average molecular weight is 384 g/mol. The molecule has 5 heteroatoms. The van der Waals surface area contributed by atoms with E-state index in [0.29, 0.717) is 17.9 Å². The highest BCUT2D eigenvalue weighted by Gasteiger charge is 2.08. The van der Waals surface area contributed by atoms with Crippen molar-refractivity contribution in [3.8, 4) is 28.3 Å². The van der Waals surface area contributed by atoms with Crippen molar-refractivity contribution >= 4 is 5.91 Å². The predicted molar refractivity (Wildman–Crippen MR) is 112 cm³/mol. The summed E-state index contributed by atoms with van der Waals surface area (Å²) < 4.78 is 10.6. The normalized spacial score (nSPS) is 10.5. The van der Waals surface area contributed by atoms with E-state index in [1.807, 2.05) is 72.8 Å². The van der Waals surface area contributed by atoms with Crippen molar-refractivity contribution in [3.05, 3.63) is 96.4 Å². The summed E-state index contributed by atoms with van der Waals surface area (Å²) in [6.45, 7) is 0.409. The molecular formula is C24H20N2O3. The summed E-state index contributed by atoms with van der Waals surface area (Å²) in [6, 6.07) is 22.8. The number of ether oxygens (including phenoxy) is 1. The fourth-order valence-electron chi connectivity index (χ4n) is 3.04. The average Bonchev–Trinajstić information content (AvgIpc) is 3.33. The molecule has 29 heavy (non-hydrogen) atoms. The number of nitrogens with zero attached hydrogens (tertiary/aromatic N) is 1. The summed E-state index contributed by atoms with van der Waals surface area (Å²) in [5.41, 5.74) is 4.37. The Morgan fingerprint density at radius 3 is 2.62 bits per heavy atom.